The summed E-state index contributed by atoms with van der Waals surface area (Å²) in [5.41, 5.74) is 1.48. The zero-order valence-corrected chi connectivity index (χ0v) is 17.0. The number of alkyl halides is 4. The van der Waals surface area contributed by atoms with Gasteiger partial charge in [-0.2, -0.15) is 0 Å². The molecule has 0 spiro atoms. The molecule has 5 rings (SSSR count). The maximum atomic E-state index is 14.0. The Balaban J connectivity index is 1.43. The Kier molecular flexibility index (Phi) is 4.90. The highest BCUT2D eigenvalue weighted by Gasteiger charge is 2.39. The van der Waals surface area contributed by atoms with E-state index in [1.807, 2.05) is 0 Å². The predicted molar refractivity (Wildman–Crippen MR) is 110 cm³/mol. The average Bonchev–Trinajstić information content (AvgIpc) is 3.50. The first-order valence-corrected chi connectivity index (χ1v) is 10.6. The van der Waals surface area contributed by atoms with Crippen LogP contribution in [0.2, 0.25) is 0 Å². The number of halogens is 4. The Bertz CT molecular complexity index is 947. The van der Waals surface area contributed by atoms with Gasteiger partial charge in [0.05, 0.1) is 31.2 Å². The van der Waals surface area contributed by atoms with Crippen LogP contribution in [0.3, 0.4) is 0 Å². The molecule has 4 heterocycles. The number of hydrogen-bond acceptors (Lipinski definition) is 6. The first-order chi connectivity index (χ1) is 14.8. The van der Waals surface area contributed by atoms with Crippen molar-refractivity contribution in [3.8, 4) is 0 Å². The SMILES string of the molecule is FC1(F)CCCN(c2cc(Nc3cnc(C4CC4)cn3)nc(N3CCC(F)(F)C3)c2)C1. The highest BCUT2D eigenvalue weighted by Crippen LogP contribution is 2.39. The molecule has 1 N–H and O–H groups in total. The van der Waals surface area contributed by atoms with Gasteiger partial charge in [0.25, 0.3) is 11.8 Å². The van der Waals surface area contributed by atoms with Crippen molar-refractivity contribution in [2.75, 3.05) is 41.3 Å². The topological polar surface area (TPSA) is 57.2 Å². The van der Waals surface area contributed by atoms with Gasteiger partial charge in [-0.3, -0.25) is 4.98 Å². The van der Waals surface area contributed by atoms with Gasteiger partial charge in [0.2, 0.25) is 0 Å². The van der Waals surface area contributed by atoms with Crippen LogP contribution in [-0.4, -0.2) is 53.0 Å². The molecule has 166 valence electrons. The molecule has 1 saturated carbocycles. The third kappa shape index (κ3) is 4.67. The third-order valence-corrected chi connectivity index (χ3v) is 5.97. The number of nitrogens with zero attached hydrogens (tertiary/aromatic N) is 5. The molecule has 0 amide bonds. The summed E-state index contributed by atoms with van der Waals surface area (Å²) >= 11 is 0. The minimum atomic E-state index is -2.78. The molecule has 31 heavy (non-hydrogen) atoms. The Morgan fingerprint density at radius 3 is 2.29 bits per heavy atom. The molecule has 3 fully saturated rings. The van der Waals surface area contributed by atoms with E-state index in [0.29, 0.717) is 42.0 Å². The summed E-state index contributed by atoms with van der Waals surface area (Å²) in [4.78, 5) is 16.4. The zero-order chi connectivity index (χ0) is 21.6. The molecule has 1 aliphatic carbocycles. The van der Waals surface area contributed by atoms with Gasteiger partial charge in [0, 0.05) is 49.7 Å². The van der Waals surface area contributed by atoms with Crippen LogP contribution in [0, 0.1) is 0 Å². The third-order valence-electron chi connectivity index (χ3n) is 5.97. The van der Waals surface area contributed by atoms with E-state index >= 15 is 0 Å². The second-order valence-electron chi connectivity index (χ2n) is 8.70. The smallest absolute Gasteiger partial charge is 0.266 e. The number of anilines is 4. The molecule has 10 heteroatoms. The van der Waals surface area contributed by atoms with E-state index in [-0.39, 0.29) is 19.4 Å². The van der Waals surface area contributed by atoms with Gasteiger partial charge in [-0.05, 0) is 19.3 Å². The summed E-state index contributed by atoms with van der Waals surface area (Å²) in [5.74, 6) is -3.91. The van der Waals surface area contributed by atoms with Gasteiger partial charge in [-0.1, -0.05) is 0 Å². The van der Waals surface area contributed by atoms with Crippen LogP contribution in [0.1, 0.15) is 43.7 Å². The van der Waals surface area contributed by atoms with Gasteiger partial charge < -0.3 is 15.1 Å². The van der Waals surface area contributed by atoms with E-state index in [1.165, 1.54) is 4.90 Å². The molecular weight excluding hydrogens is 412 g/mol. The molecule has 0 aromatic carbocycles. The maximum absolute atomic E-state index is 14.0. The lowest BCUT2D eigenvalue weighted by molar-refractivity contribution is -0.0116. The average molecular weight is 436 g/mol. The van der Waals surface area contributed by atoms with E-state index in [2.05, 4.69) is 20.3 Å². The van der Waals surface area contributed by atoms with Crippen LogP contribution < -0.4 is 15.1 Å². The Hall–Kier alpha value is -2.65. The largest absolute Gasteiger partial charge is 0.365 e. The van der Waals surface area contributed by atoms with Gasteiger partial charge in [0.15, 0.2) is 0 Å². The van der Waals surface area contributed by atoms with Crippen molar-refractivity contribution in [3.05, 3.63) is 30.2 Å². The Morgan fingerprint density at radius 2 is 1.65 bits per heavy atom. The standard InChI is InChI=1S/C21H24F4N6/c22-20(23)4-1-6-30(12-20)15-8-17(28-18-11-26-16(10-27-18)14-2-3-14)29-19(9-15)31-7-5-21(24,25)13-31/h8-11,14H,1-7,12-13H2,(H,27,28,29). The molecule has 2 aromatic heterocycles. The van der Waals surface area contributed by atoms with Crippen LogP contribution in [0.15, 0.2) is 24.5 Å². The molecule has 0 unspecified atom stereocenters. The van der Waals surface area contributed by atoms with Gasteiger partial charge >= 0.3 is 0 Å². The van der Waals surface area contributed by atoms with E-state index in [1.54, 1.807) is 29.4 Å². The minimum absolute atomic E-state index is 0.145. The monoisotopic (exact) mass is 436 g/mol. The molecule has 2 saturated heterocycles. The molecule has 3 aliphatic rings. The summed E-state index contributed by atoms with van der Waals surface area (Å²) in [5, 5.41) is 3.06. The van der Waals surface area contributed by atoms with Crippen molar-refractivity contribution in [2.45, 2.75) is 49.9 Å². The van der Waals surface area contributed by atoms with E-state index in [4.69, 9.17) is 0 Å². The van der Waals surface area contributed by atoms with Crippen LogP contribution in [0.25, 0.3) is 0 Å². The van der Waals surface area contributed by atoms with Gasteiger partial charge in [-0.25, -0.2) is 27.5 Å². The summed E-state index contributed by atoms with van der Waals surface area (Å²) < 4.78 is 55.6. The summed E-state index contributed by atoms with van der Waals surface area (Å²) in [6, 6.07) is 3.28. The normalized spacial score (nSPS) is 22.6. The van der Waals surface area contributed by atoms with Crippen molar-refractivity contribution in [2.24, 2.45) is 0 Å². The lowest BCUT2D eigenvalue weighted by atomic mass is 10.1. The quantitative estimate of drug-likeness (QED) is 0.693. The molecule has 0 bridgehead atoms. The fourth-order valence-electron chi connectivity index (χ4n) is 4.15. The zero-order valence-electron chi connectivity index (χ0n) is 17.0. The molecule has 6 nitrogen and oxygen atoms in total. The fourth-order valence-corrected chi connectivity index (χ4v) is 4.15. The first kappa shape index (κ1) is 20.3. The van der Waals surface area contributed by atoms with E-state index in [0.717, 1.165) is 18.5 Å². The first-order valence-electron chi connectivity index (χ1n) is 10.6. The highest BCUT2D eigenvalue weighted by molar-refractivity contribution is 5.66. The lowest BCUT2D eigenvalue weighted by Crippen LogP contribution is -2.42. The molecule has 2 aliphatic heterocycles. The van der Waals surface area contributed by atoms with Crippen LogP contribution in [0.4, 0.5) is 40.7 Å². The van der Waals surface area contributed by atoms with Gasteiger partial charge in [0.1, 0.15) is 17.5 Å². The number of nitrogens with one attached hydrogen (secondary N) is 1. The minimum Gasteiger partial charge on any atom is -0.365 e. The van der Waals surface area contributed by atoms with Crippen molar-refractivity contribution < 1.29 is 17.6 Å². The molecule has 2 aromatic rings. The van der Waals surface area contributed by atoms with Crippen molar-refractivity contribution in [1.82, 2.24) is 15.0 Å². The van der Waals surface area contributed by atoms with Crippen LogP contribution >= 0.6 is 0 Å². The fraction of sp³-hybridized carbons (Fsp3) is 0.571. The number of hydrogen-bond donors (Lipinski definition) is 1. The second-order valence-corrected chi connectivity index (χ2v) is 8.70. The van der Waals surface area contributed by atoms with Gasteiger partial charge in [-0.15, -0.1) is 0 Å². The van der Waals surface area contributed by atoms with Crippen LogP contribution in [0.5, 0.6) is 0 Å². The number of rotatable bonds is 5. The Labute approximate surface area is 177 Å². The highest BCUT2D eigenvalue weighted by atomic mass is 19.3. The van der Waals surface area contributed by atoms with Crippen LogP contribution in [-0.2, 0) is 0 Å². The number of pyridine rings is 1. The summed E-state index contributed by atoms with van der Waals surface area (Å²) in [6.07, 6.45) is 5.54. The molecule has 0 radical (unpaired) electrons. The van der Waals surface area contributed by atoms with E-state index in [9.17, 15) is 17.6 Å². The van der Waals surface area contributed by atoms with Crippen molar-refractivity contribution >= 4 is 23.1 Å². The second kappa shape index (κ2) is 7.49. The number of piperidine rings is 1. The maximum Gasteiger partial charge on any atom is 0.266 e. The summed E-state index contributed by atoms with van der Waals surface area (Å²) in [7, 11) is 0. The predicted octanol–water partition coefficient (Wildman–Crippen LogP) is 4.57. The van der Waals surface area contributed by atoms with Crippen molar-refractivity contribution in [1.29, 1.82) is 0 Å². The summed E-state index contributed by atoms with van der Waals surface area (Å²) in [6.45, 7) is -0.198. The van der Waals surface area contributed by atoms with Crippen molar-refractivity contribution in [3.63, 3.8) is 0 Å². The van der Waals surface area contributed by atoms with E-state index < -0.39 is 24.9 Å². The number of aromatic nitrogens is 3. The molecular formula is C21H24F4N6. The Morgan fingerprint density at radius 1 is 0.871 bits per heavy atom. The molecule has 0 atom stereocenters. The lowest BCUT2D eigenvalue weighted by Gasteiger charge is -2.34.